The van der Waals surface area contributed by atoms with Gasteiger partial charge in [-0.1, -0.05) is 13.8 Å². The van der Waals surface area contributed by atoms with E-state index in [4.69, 9.17) is 5.73 Å². The molecule has 84 valence electrons. The molecule has 0 amide bonds. The topological polar surface area (TPSA) is 84.1 Å². The zero-order chi connectivity index (χ0) is 11.4. The summed E-state index contributed by atoms with van der Waals surface area (Å²) in [6, 6.07) is -0.0157. The fraction of sp³-hybridized carbons (Fsp3) is 0.600. The number of nitrogens with one attached hydrogen (secondary N) is 1. The van der Waals surface area contributed by atoms with Gasteiger partial charge in [0.15, 0.2) is 0 Å². The third kappa shape index (κ3) is 3.06. The van der Waals surface area contributed by atoms with E-state index in [0.29, 0.717) is 11.7 Å². The Morgan fingerprint density at radius 3 is 2.73 bits per heavy atom. The monoisotopic (exact) mass is 210 g/mol. The molecule has 0 fully saturated rings. The van der Waals surface area contributed by atoms with Gasteiger partial charge in [0.25, 0.3) is 0 Å². The van der Waals surface area contributed by atoms with Crippen LogP contribution in [0.25, 0.3) is 0 Å². The molecule has 0 aliphatic rings. The van der Waals surface area contributed by atoms with Gasteiger partial charge >= 0.3 is 0 Å². The van der Waals surface area contributed by atoms with Crippen molar-refractivity contribution < 1.29 is 5.11 Å². The van der Waals surface area contributed by atoms with Crippen molar-refractivity contribution in [3.05, 3.63) is 11.8 Å². The van der Waals surface area contributed by atoms with Gasteiger partial charge in [-0.2, -0.15) is 4.98 Å². The average Bonchev–Trinajstić information content (AvgIpc) is 2.18. The average molecular weight is 210 g/mol. The Balaban J connectivity index is 2.82. The molecule has 5 nitrogen and oxygen atoms in total. The minimum Gasteiger partial charge on any atom is -0.394 e. The maximum atomic E-state index is 9.18. The Morgan fingerprint density at radius 1 is 1.53 bits per heavy atom. The molecule has 15 heavy (non-hydrogen) atoms. The molecule has 0 unspecified atom stereocenters. The van der Waals surface area contributed by atoms with E-state index >= 15 is 0 Å². The van der Waals surface area contributed by atoms with Crippen LogP contribution in [0, 0.1) is 12.8 Å². The van der Waals surface area contributed by atoms with Crippen LogP contribution in [0.15, 0.2) is 6.20 Å². The van der Waals surface area contributed by atoms with Gasteiger partial charge in [-0.25, -0.2) is 4.98 Å². The van der Waals surface area contributed by atoms with Crippen LogP contribution in [-0.4, -0.2) is 27.7 Å². The molecule has 4 N–H and O–H groups in total. The van der Waals surface area contributed by atoms with E-state index in [9.17, 15) is 5.11 Å². The molecule has 1 heterocycles. The third-order valence-corrected chi connectivity index (χ3v) is 2.31. The number of hydrogen-bond acceptors (Lipinski definition) is 5. The van der Waals surface area contributed by atoms with Gasteiger partial charge < -0.3 is 16.2 Å². The van der Waals surface area contributed by atoms with Gasteiger partial charge in [-0.3, -0.25) is 0 Å². The van der Waals surface area contributed by atoms with Crippen LogP contribution >= 0.6 is 0 Å². The first-order valence-electron chi connectivity index (χ1n) is 5.01. The fourth-order valence-electron chi connectivity index (χ4n) is 1.20. The van der Waals surface area contributed by atoms with Crippen LogP contribution in [0.1, 0.15) is 19.4 Å². The van der Waals surface area contributed by atoms with Crippen molar-refractivity contribution in [2.24, 2.45) is 5.92 Å². The summed E-state index contributed by atoms with van der Waals surface area (Å²) >= 11 is 0. The predicted octanol–water partition coefficient (Wildman–Crippen LogP) is 0.796. The van der Waals surface area contributed by atoms with Gasteiger partial charge in [0.1, 0.15) is 5.82 Å². The lowest BCUT2D eigenvalue weighted by Crippen LogP contribution is -2.30. The van der Waals surface area contributed by atoms with E-state index in [1.807, 2.05) is 20.8 Å². The number of nitrogens with two attached hydrogens (primary N) is 1. The highest BCUT2D eigenvalue weighted by Crippen LogP contribution is 2.14. The molecule has 0 aliphatic heterocycles. The number of rotatable bonds is 4. The van der Waals surface area contributed by atoms with Gasteiger partial charge in [0, 0.05) is 11.8 Å². The number of nitrogens with zero attached hydrogens (tertiary/aromatic N) is 2. The highest BCUT2D eigenvalue weighted by atomic mass is 16.3. The standard InChI is InChI=1S/C10H18N4O/c1-6(2)8(5-15)13-9-7(3)4-12-10(11)14-9/h4,6,8,15H,5H2,1-3H3,(H3,11,12,13,14)/t8-/m1/s1. The highest BCUT2D eigenvalue weighted by molar-refractivity contribution is 5.45. The van der Waals surface area contributed by atoms with Gasteiger partial charge in [-0.15, -0.1) is 0 Å². The van der Waals surface area contributed by atoms with Crippen LogP contribution in [0.5, 0.6) is 0 Å². The molecule has 1 aromatic rings. The Bertz CT molecular complexity index is 327. The number of anilines is 2. The normalized spacial score (nSPS) is 12.9. The second-order valence-corrected chi connectivity index (χ2v) is 3.94. The van der Waals surface area contributed by atoms with E-state index in [-0.39, 0.29) is 18.6 Å². The van der Waals surface area contributed by atoms with Gasteiger partial charge in [0.2, 0.25) is 5.95 Å². The molecule has 5 heteroatoms. The summed E-state index contributed by atoms with van der Waals surface area (Å²) < 4.78 is 0. The smallest absolute Gasteiger partial charge is 0.221 e. The highest BCUT2D eigenvalue weighted by Gasteiger charge is 2.13. The first-order chi connectivity index (χ1) is 7.04. The Labute approximate surface area is 89.7 Å². The third-order valence-electron chi connectivity index (χ3n) is 2.31. The van der Waals surface area contributed by atoms with Crippen molar-refractivity contribution in [2.45, 2.75) is 26.8 Å². The zero-order valence-electron chi connectivity index (χ0n) is 9.36. The molecule has 0 aliphatic carbocycles. The van der Waals surface area contributed by atoms with Crippen LogP contribution in [0.4, 0.5) is 11.8 Å². The van der Waals surface area contributed by atoms with Crippen molar-refractivity contribution in [1.82, 2.24) is 9.97 Å². The van der Waals surface area contributed by atoms with Crippen molar-refractivity contribution in [2.75, 3.05) is 17.7 Å². The summed E-state index contributed by atoms with van der Waals surface area (Å²) in [5.74, 6) is 1.25. The molecular formula is C10H18N4O. The Hall–Kier alpha value is -1.36. The maximum Gasteiger partial charge on any atom is 0.221 e. The van der Waals surface area contributed by atoms with Crippen LogP contribution < -0.4 is 11.1 Å². The number of aromatic nitrogens is 2. The molecule has 0 saturated heterocycles. The molecule has 0 bridgehead atoms. The molecule has 0 radical (unpaired) electrons. The largest absolute Gasteiger partial charge is 0.394 e. The lowest BCUT2D eigenvalue weighted by atomic mass is 10.1. The van der Waals surface area contributed by atoms with Crippen LogP contribution in [0.3, 0.4) is 0 Å². The fourth-order valence-corrected chi connectivity index (χ4v) is 1.20. The van der Waals surface area contributed by atoms with E-state index in [2.05, 4.69) is 15.3 Å². The summed E-state index contributed by atoms with van der Waals surface area (Å²) in [5, 5.41) is 12.3. The summed E-state index contributed by atoms with van der Waals surface area (Å²) in [5.41, 5.74) is 6.42. The summed E-state index contributed by atoms with van der Waals surface area (Å²) in [4.78, 5) is 7.97. The molecule has 0 spiro atoms. The quantitative estimate of drug-likeness (QED) is 0.684. The summed E-state index contributed by atoms with van der Waals surface area (Å²) in [7, 11) is 0. The molecular weight excluding hydrogens is 192 g/mol. The minimum atomic E-state index is -0.0157. The number of aliphatic hydroxyl groups is 1. The number of nitrogen functional groups attached to an aromatic ring is 1. The van der Waals surface area contributed by atoms with Crippen molar-refractivity contribution in [3.63, 3.8) is 0 Å². The Morgan fingerprint density at radius 2 is 2.20 bits per heavy atom. The molecule has 1 atom stereocenters. The molecule has 0 aromatic carbocycles. The maximum absolute atomic E-state index is 9.18. The molecule has 1 rings (SSSR count). The molecule has 1 aromatic heterocycles. The lowest BCUT2D eigenvalue weighted by Gasteiger charge is -2.21. The lowest BCUT2D eigenvalue weighted by molar-refractivity contribution is 0.249. The second kappa shape index (κ2) is 4.93. The zero-order valence-corrected chi connectivity index (χ0v) is 9.36. The van der Waals surface area contributed by atoms with E-state index < -0.39 is 0 Å². The van der Waals surface area contributed by atoms with Crippen molar-refractivity contribution >= 4 is 11.8 Å². The second-order valence-electron chi connectivity index (χ2n) is 3.94. The Kier molecular flexibility index (Phi) is 3.85. The predicted molar refractivity (Wildman–Crippen MR) is 60.5 cm³/mol. The summed E-state index contributed by atoms with van der Waals surface area (Å²) in [6.45, 7) is 6.04. The minimum absolute atomic E-state index is 0.0157. The SMILES string of the molecule is Cc1cnc(N)nc1N[C@H](CO)C(C)C. The van der Waals surface area contributed by atoms with Gasteiger partial charge in [-0.05, 0) is 12.8 Å². The van der Waals surface area contributed by atoms with E-state index in [1.165, 1.54) is 0 Å². The number of aliphatic hydroxyl groups excluding tert-OH is 1. The number of aryl methyl sites for hydroxylation is 1. The van der Waals surface area contributed by atoms with E-state index in [1.54, 1.807) is 6.20 Å². The number of hydrogen-bond donors (Lipinski definition) is 3. The summed E-state index contributed by atoms with van der Waals surface area (Å²) in [6.07, 6.45) is 1.67. The van der Waals surface area contributed by atoms with Crippen LogP contribution in [0.2, 0.25) is 0 Å². The molecule has 0 saturated carbocycles. The van der Waals surface area contributed by atoms with Crippen LogP contribution in [-0.2, 0) is 0 Å². The van der Waals surface area contributed by atoms with E-state index in [0.717, 1.165) is 5.56 Å². The van der Waals surface area contributed by atoms with Crippen molar-refractivity contribution in [1.29, 1.82) is 0 Å². The van der Waals surface area contributed by atoms with Crippen molar-refractivity contribution in [3.8, 4) is 0 Å². The first kappa shape index (κ1) is 11.7. The van der Waals surface area contributed by atoms with Gasteiger partial charge in [0.05, 0.1) is 12.6 Å². The first-order valence-corrected chi connectivity index (χ1v) is 5.01.